The molecule has 3 aliphatic rings. The Hall–Kier alpha value is -4.87. The molecular formula is C45H60Cl2N6O17P2. The van der Waals surface area contributed by atoms with E-state index in [2.05, 4.69) is 27.1 Å². The van der Waals surface area contributed by atoms with E-state index >= 15 is 0 Å². The number of halogens is 2. The van der Waals surface area contributed by atoms with Crippen LogP contribution >= 0.6 is 38.7 Å². The molecule has 12 atom stereocenters. The maximum absolute atomic E-state index is 13.7. The van der Waals surface area contributed by atoms with Crippen LogP contribution in [0.2, 0.25) is 0 Å². The van der Waals surface area contributed by atoms with Gasteiger partial charge in [0, 0.05) is 24.5 Å². The lowest BCUT2D eigenvalue weighted by Crippen LogP contribution is -2.50. The van der Waals surface area contributed by atoms with Crippen molar-refractivity contribution in [3.05, 3.63) is 118 Å². The van der Waals surface area contributed by atoms with Crippen molar-refractivity contribution in [3.63, 3.8) is 0 Å². The van der Waals surface area contributed by atoms with Crippen molar-refractivity contribution in [1.29, 1.82) is 0 Å². The summed E-state index contributed by atoms with van der Waals surface area (Å²) in [5.41, 5.74) is -1.40. The number of amides is 1. The monoisotopic (exact) mass is 1090 g/mol. The van der Waals surface area contributed by atoms with Crippen molar-refractivity contribution in [2.45, 2.75) is 126 Å². The molecule has 396 valence electrons. The van der Waals surface area contributed by atoms with Crippen LogP contribution in [0.5, 0.6) is 11.5 Å². The highest BCUT2D eigenvalue weighted by Gasteiger charge is 2.56. The Morgan fingerprint density at radius 2 is 1.18 bits per heavy atom. The highest BCUT2D eigenvalue weighted by Crippen LogP contribution is 2.49. The second-order valence-corrected chi connectivity index (χ2v) is 22.5. The van der Waals surface area contributed by atoms with Gasteiger partial charge in [-0.25, -0.2) is 13.9 Å². The number of aromatic nitrogens is 2. The third kappa shape index (κ3) is 15.1. The Bertz CT molecular complexity index is 2620. The number of nitrogens with one attached hydrogen (secondary N) is 4. The summed E-state index contributed by atoms with van der Waals surface area (Å²) in [4.78, 5) is 60.5. The van der Waals surface area contributed by atoms with E-state index in [1.165, 1.54) is 44.1 Å². The van der Waals surface area contributed by atoms with E-state index in [0.29, 0.717) is 0 Å². The minimum atomic E-state index is -4.22. The maximum atomic E-state index is 13.7. The summed E-state index contributed by atoms with van der Waals surface area (Å²) in [5, 5.41) is 29.3. The first kappa shape index (κ1) is 58.0. The van der Waals surface area contributed by atoms with E-state index in [-0.39, 0.29) is 29.3 Å². The summed E-state index contributed by atoms with van der Waals surface area (Å²) >= 11 is 13.2. The van der Waals surface area contributed by atoms with Gasteiger partial charge in [-0.2, -0.15) is 10.2 Å². The van der Waals surface area contributed by atoms with Crippen LogP contribution in [0.4, 0.5) is 0 Å². The standard InChI is InChI=1S/C23H31ClN3O8P.C22H29ClN3O9P/c1-14(2)33-21(30)15(3)26-36(31,35-17-9-7-6-8-10-17)32-13-18-20(29)23(5,24)22(34-18)27-12-11-19(28)25-16(27)4;1-13(2)33-19(29)14(3)25-36(31,35-15-8-6-5-7-9-15)32-12-16-18(28)22(4,23)20(34-16)26-11-10-17(27)24-21(26)30/h6-12,14-15,18,20,22,29H,4,13H2,1-3,5H3,(H,25,28)(H,26,31);5-11,13-14,16,18,20,28H,12H2,1-4H3,(H,25,31)(H,24,27,30)/t15-,18-,20-,22-,23-,36-;14-,16-,18-,20-,22-,36+/m11/s1. The van der Waals surface area contributed by atoms with E-state index in [0.717, 1.165) is 10.6 Å². The van der Waals surface area contributed by atoms with Gasteiger partial charge in [-0.3, -0.25) is 37.8 Å². The van der Waals surface area contributed by atoms with Gasteiger partial charge in [-0.15, -0.1) is 23.2 Å². The molecule has 0 saturated carbocycles. The van der Waals surface area contributed by atoms with Gasteiger partial charge < -0.3 is 48.4 Å². The molecule has 1 aromatic heterocycles. The molecule has 2 saturated heterocycles. The van der Waals surface area contributed by atoms with E-state index in [9.17, 15) is 43.3 Å². The summed E-state index contributed by atoms with van der Waals surface area (Å²) < 4.78 is 72.7. The van der Waals surface area contributed by atoms with Gasteiger partial charge in [0.25, 0.3) is 11.5 Å². The fraction of sp³-hybridized carbons (Fsp3) is 0.489. The van der Waals surface area contributed by atoms with Gasteiger partial charge in [0.2, 0.25) is 0 Å². The molecule has 3 aliphatic heterocycles. The Balaban J connectivity index is 0.000000267. The van der Waals surface area contributed by atoms with E-state index in [1.54, 1.807) is 95.3 Å². The minimum absolute atomic E-state index is 0.200. The summed E-state index contributed by atoms with van der Waals surface area (Å²) in [6, 6.07) is 15.4. The molecule has 0 bridgehead atoms. The van der Waals surface area contributed by atoms with Crippen LogP contribution in [0, 0.1) is 0 Å². The predicted octanol–water partition coefficient (Wildman–Crippen LogP) is 4.55. The lowest BCUT2D eigenvalue weighted by atomic mass is 10.0. The number of alkyl halides is 2. The number of ether oxygens (including phenoxy) is 4. The van der Waals surface area contributed by atoms with Crippen molar-refractivity contribution < 1.29 is 70.8 Å². The van der Waals surface area contributed by atoms with Crippen LogP contribution in [0.1, 0.15) is 61.6 Å². The molecule has 72 heavy (non-hydrogen) atoms. The summed E-state index contributed by atoms with van der Waals surface area (Å²) in [6.07, 6.45) is -3.82. The molecule has 23 nitrogen and oxygen atoms in total. The normalized spacial score (nSPS) is 27.4. The number of carbonyl (C=O) groups is 3. The van der Waals surface area contributed by atoms with Crippen molar-refractivity contribution in [3.8, 4) is 11.5 Å². The van der Waals surface area contributed by atoms with Crippen LogP contribution in [0.25, 0.3) is 0 Å². The molecule has 1 amide bonds. The Kier molecular flexibility index (Phi) is 19.7. The lowest BCUT2D eigenvalue weighted by Gasteiger charge is -2.36. The van der Waals surface area contributed by atoms with Crippen molar-refractivity contribution in [2.24, 2.45) is 0 Å². The molecule has 3 aromatic rings. The van der Waals surface area contributed by atoms with Crippen molar-refractivity contribution >= 4 is 56.5 Å². The van der Waals surface area contributed by atoms with Crippen LogP contribution in [0.3, 0.4) is 0 Å². The SMILES string of the molecule is C=C1NC(=O)C=CN1[C@@H]1O[C@H](CO[P@](=O)(N[C@H](C)C(=O)OC(C)C)Oc2ccccc2)[C@@H](O)[C@@]1(C)Cl.CC(C)OC(=O)[C@@H](C)N[P@](=O)(OC[C@H]1O[C@@H](n2ccc(=O)[nH]c2=O)[C@](C)(Cl)[C@@H]1O)Oc1ccccc1. The molecule has 4 heterocycles. The molecule has 0 unspecified atom stereocenters. The molecule has 0 radical (unpaired) electrons. The van der Waals surface area contributed by atoms with Gasteiger partial charge >= 0.3 is 33.1 Å². The predicted molar refractivity (Wildman–Crippen MR) is 262 cm³/mol. The first-order valence-corrected chi connectivity index (χ1v) is 26.3. The smallest absolute Gasteiger partial charge is 0.459 e. The molecule has 0 aliphatic carbocycles. The molecule has 2 aromatic carbocycles. The number of carbonyl (C=O) groups excluding carboxylic acids is 3. The number of benzene rings is 2. The number of aliphatic hydroxyl groups is 2. The highest BCUT2D eigenvalue weighted by atomic mass is 35.5. The zero-order chi connectivity index (χ0) is 53.3. The van der Waals surface area contributed by atoms with Crippen molar-refractivity contribution in [1.82, 2.24) is 29.9 Å². The van der Waals surface area contributed by atoms with E-state index in [1.807, 2.05) is 0 Å². The molecule has 2 fully saturated rings. The van der Waals surface area contributed by atoms with Gasteiger partial charge in [0.1, 0.15) is 63.6 Å². The number of H-pyrrole nitrogens is 1. The number of aromatic amines is 1. The number of nitrogens with zero attached hydrogens (tertiary/aromatic N) is 2. The first-order chi connectivity index (χ1) is 33.6. The van der Waals surface area contributed by atoms with Crippen LogP contribution in [-0.4, -0.2) is 120 Å². The quantitative estimate of drug-likeness (QED) is 0.0514. The maximum Gasteiger partial charge on any atom is 0.459 e. The number of para-hydroxylation sites is 2. The zero-order valence-electron chi connectivity index (χ0n) is 40.5. The Morgan fingerprint density at radius 3 is 1.60 bits per heavy atom. The second kappa shape index (κ2) is 24.4. The van der Waals surface area contributed by atoms with Crippen LogP contribution < -0.4 is 35.8 Å². The van der Waals surface area contributed by atoms with Gasteiger partial charge in [-0.1, -0.05) is 43.0 Å². The van der Waals surface area contributed by atoms with Gasteiger partial charge in [-0.05, 0) is 79.7 Å². The minimum Gasteiger partial charge on any atom is -0.462 e. The third-order valence-corrected chi connectivity index (χ3v) is 14.7. The van der Waals surface area contributed by atoms with Crippen LogP contribution in [0.15, 0.2) is 107 Å². The Morgan fingerprint density at radius 1 is 0.750 bits per heavy atom. The van der Waals surface area contributed by atoms with Gasteiger partial charge in [0.15, 0.2) is 12.5 Å². The first-order valence-electron chi connectivity index (χ1n) is 22.4. The number of hydrogen-bond acceptors (Lipinski definition) is 18. The number of aliphatic hydroxyl groups excluding tert-OH is 2. The van der Waals surface area contributed by atoms with Crippen molar-refractivity contribution in [2.75, 3.05) is 13.2 Å². The van der Waals surface area contributed by atoms with Crippen LogP contribution in [-0.2, 0) is 51.5 Å². The molecular weight excluding hydrogens is 1030 g/mol. The fourth-order valence-electron chi connectivity index (χ4n) is 7.03. The Labute approximate surface area is 425 Å². The molecule has 0 spiro atoms. The fourth-order valence-corrected chi connectivity index (χ4v) is 10.6. The largest absolute Gasteiger partial charge is 0.462 e. The molecule has 27 heteroatoms. The van der Waals surface area contributed by atoms with E-state index in [4.69, 9.17) is 60.2 Å². The topological polar surface area (TPSA) is 294 Å². The third-order valence-electron chi connectivity index (χ3n) is 10.6. The number of esters is 2. The summed E-state index contributed by atoms with van der Waals surface area (Å²) in [5.74, 6) is -1.03. The molecule has 6 rings (SSSR count). The average Bonchev–Trinajstić information content (AvgIpc) is 3.66. The number of rotatable bonds is 20. The highest BCUT2D eigenvalue weighted by molar-refractivity contribution is 7.52. The zero-order valence-corrected chi connectivity index (χ0v) is 43.8. The van der Waals surface area contributed by atoms with Gasteiger partial charge in [0.05, 0.1) is 25.4 Å². The van der Waals surface area contributed by atoms with E-state index < -0.39 is 117 Å². The summed E-state index contributed by atoms with van der Waals surface area (Å²) in [7, 11) is -8.40. The number of hydrogen-bond donors (Lipinski definition) is 6. The average molecular weight is 1090 g/mol. The second-order valence-electron chi connectivity index (χ2n) is 17.5. The lowest BCUT2D eigenvalue weighted by molar-refractivity contribution is -0.150. The molecule has 6 N–H and O–H groups in total. The summed E-state index contributed by atoms with van der Waals surface area (Å²) in [6.45, 7) is 15.5.